The van der Waals surface area contributed by atoms with E-state index in [0.717, 1.165) is 60.6 Å². The first-order valence-electron chi connectivity index (χ1n) is 11.8. The second kappa shape index (κ2) is 9.73. The minimum atomic E-state index is -0.0461. The van der Waals surface area contributed by atoms with E-state index in [-0.39, 0.29) is 23.9 Å². The monoisotopic (exact) mass is 450 g/mol. The van der Waals surface area contributed by atoms with E-state index < -0.39 is 0 Å². The van der Waals surface area contributed by atoms with Crippen LogP contribution in [0.25, 0.3) is 0 Å². The van der Waals surface area contributed by atoms with E-state index in [4.69, 9.17) is 4.74 Å². The van der Waals surface area contributed by atoms with Crippen LogP contribution in [0, 0.1) is 19.8 Å². The third kappa shape index (κ3) is 4.92. The zero-order valence-electron chi connectivity index (χ0n) is 20.0. The van der Waals surface area contributed by atoms with Crippen molar-refractivity contribution in [1.82, 2.24) is 4.90 Å². The van der Waals surface area contributed by atoms with Crippen molar-refractivity contribution in [2.75, 3.05) is 29.6 Å². The highest BCUT2D eigenvalue weighted by molar-refractivity contribution is 5.94. The van der Waals surface area contributed by atoms with E-state index in [0.29, 0.717) is 6.54 Å². The molecule has 1 aliphatic carbocycles. The number of benzene rings is 2. The second-order valence-electron chi connectivity index (χ2n) is 9.09. The molecule has 0 aromatic heterocycles. The summed E-state index contributed by atoms with van der Waals surface area (Å²) in [6.07, 6.45) is 3.20. The Morgan fingerprint density at radius 2 is 1.85 bits per heavy atom. The van der Waals surface area contributed by atoms with Crippen LogP contribution in [0.4, 0.5) is 21.9 Å². The van der Waals surface area contributed by atoms with E-state index in [2.05, 4.69) is 35.9 Å². The first-order chi connectivity index (χ1) is 15.9. The van der Waals surface area contributed by atoms with E-state index in [1.807, 2.05) is 36.1 Å². The quantitative estimate of drug-likeness (QED) is 0.559. The SMILES string of the molecule is CCNc1cc(C)c2c(c1)NC(=O)N(C1CCC(C(=O)Nc3ccc(C)c(OC)c3)CC1)C2. The number of hydrogen-bond donors (Lipinski definition) is 3. The molecule has 1 fully saturated rings. The number of carbonyl (C=O) groups is 2. The predicted molar refractivity (Wildman–Crippen MR) is 132 cm³/mol. The average molecular weight is 451 g/mol. The maximum absolute atomic E-state index is 12.9. The molecule has 0 bridgehead atoms. The number of amides is 3. The summed E-state index contributed by atoms with van der Waals surface area (Å²) in [5.41, 5.74) is 6.06. The number of fused-ring (bicyclic) bond motifs is 1. The molecule has 3 amide bonds. The molecular formula is C26H34N4O3. The molecule has 1 saturated carbocycles. The molecule has 1 heterocycles. The summed E-state index contributed by atoms with van der Waals surface area (Å²) in [6.45, 7) is 7.58. The van der Waals surface area contributed by atoms with Crippen LogP contribution >= 0.6 is 0 Å². The smallest absolute Gasteiger partial charge is 0.322 e. The molecule has 0 spiro atoms. The molecule has 33 heavy (non-hydrogen) atoms. The molecule has 176 valence electrons. The minimum absolute atomic E-state index is 0.0413. The van der Waals surface area contributed by atoms with Gasteiger partial charge in [-0.25, -0.2) is 4.79 Å². The fourth-order valence-corrected chi connectivity index (χ4v) is 4.96. The molecule has 7 heteroatoms. The number of anilines is 3. The van der Waals surface area contributed by atoms with Gasteiger partial charge in [0.1, 0.15) is 5.75 Å². The summed E-state index contributed by atoms with van der Waals surface area (Å²) in [5.74, 6) is 0.762. The summed E-state index contributed by atoms with van der Waals surface area (Å²) in [5, 5.41) is 9.44. The number of carbonyl (C=O) groups excluding carboxylic acids is 2. The van der Waals surface area contributed by atoms with Crippen LogP contribution in [0.1, 0.15) is 49.3 Å². The lowest BCUT2D eigenvalue weighted by Gasteiger charge is -2.39. The maximum atomic E-state index is 12.9. The highest BCUT2D eigenvalue weighted by Crippen LogP contribution is 2.35. The van der Waals surface area contributed by atoms with Crippen molar-refractivity contribution in [2.45, 2.75) is 59.0 Å². The fourth-order valence-electron chi connectivity index (χ4n) is 4.96. The molecule has 0 radical (unpaired) electrons. The lowest BCUT2D eigenvalue weighted by atomic mass is 9.84. The number of nitrogens with one attached hydrogen (secondary N) is 3. The molecule has 4 rings (SSSR count). The van der Waals surface area contributed by atoms with Gasteiger partial charge in [-0.3, -0.25) is 4.79 Å². The molecule has 7 nitrogen and oxygen atoms in total. The van der Waals surface area contributed by atoms with Gasteiger partial charge in [-0.15, -0.1) is 0 Å². The number of methoxy groups -OCH3 is 1. The molecule has 2 aromatic rings. The Morgan fingerprint density at radius 3 is 2.55 bits per heavy atom. The zero-order valence-corrected chi connectivity index (χ0v) is 20.0. The van der Waals surface area contributed by atoms with Gasteiger partial charge < -0.3 is 25.6 Å². The molecule has 2 aromatic carbocycles. The van der Waals surface area contributed by atoms with Gasteiger partial charge >= 0.3 is 6.03 Å². The molecule has 0 unspecified atom stereocenters. The van der Waals surface area contributed by atoms with Crippen molar-refractivity contribution in [3.8, 4) is 5.75 Å². The van der Waals surface area contributed by atoms with Gasteiger partial charge in [-0.2, -0.15) is 0 Å². The first-order valence-corrected chi connectivity index (χ1v) is 11.8. The highest BCUT2D eigenvalue weighted by Gasteiger charge is 2.34. The van der Waals surface area contributed by atoms with Crippen LogP contribution in [-0.2, 0) is 11.3 Å². The molecular weight excluding hydrogens is 416 g/mol. The van der Waals surface area contributed by atoms with E-state index in [9.17, 15) is 9.59 Å². The Balaban J connectivity index is 1.37. The topological polar surface area (TPSA) is 82.7 Å². The largest absolute Gasteiger partial charge is 0.496 e. The van der Waals surface area contributed by atoms with Crippen molar-refractivity contribution in [2.24, 2.45) is 5.92 Å². The molecule has 1 aliphatic heterocycles. The van der Waals surface area contributed by atoms with Gasteiger partial charge in [0.2, 0.25) is 5.91 Å². The fraction of sp³-hybridized carbons (Fsp3) is 0.462. The number of urea groups is 1. The molecule has 2 aliphatic rings. The second-order valence-corrected chi connectivity index (χ2v) is 9.09. The van der Waals surface area contributed by atoms with Crippen LogP contribution in [0.2, 0.25) is 0 Å². The van der Waals surface area contributed by atoms with E-state index in [1.54, 1.807) is 7.11 Å². The van der Waals surface area contributed by atoms with E-state index in [1.165, 1.54) is 11.1 Å². The Kier molecular flexibility index (Phi) is 6.77. The Labute approximate surface area is 195 Å². The van der Waals surface area contributed by atoms with Gasteiger partial charge in [0.15, 0.2) is 0 Å². The van der Waals surface area contributed by atoms with Crippen molar-refractivity contribution in [3.63, 3.8) is 0 Å². The van der Waals surface area contributed by atoms with Crippen molar-refractivity contribution in [3.05, 3.63) is 47.0 Å². The first kappa shape index (κ1) is 23.0. The summed E-state index contributed by atoms with van der Waals surface area (Å²) in [4.78, 5) is 27.7. The standard InChI is InChI=1S/C26H34N4O3/c1-5-27-20-12-17(3)22-15-30(26(32)29-23(22)13-20)21-10-7-18(8-11-21)25(31)28-19-9-6-16(2)24(14-19)33-4/h6,9,12-14,18,21,27H,5,7-8,10-11,15H2,1-4H3,(H,28,31)(H,29,32). The van der Waals surface area contributed by atoms with Gasteiger partial charge in [-0.05, 0) is 81.3 Å². The van der Waals surface area contributed by atoms with Crippen LogP contribution in [0.15, 0.2) is 30.3 Å². The lowest BCUT2D eigenvalue weighted by molar-refractivity contribution is -0.121. The summed E-state index contributed by atoms with van der Waals surface area (Å²) in [7, 11) is 1.63. The number of ether oxygens (including phenoxy) is 1. The van der Waals surface area contributed by atoms with Crippen molar-refractivity contribution >= 4 is 29.0 Å². The van der Waals surface area contributed by atoms with Crippen molar-refractivity contribution in [1.29, 1.82) is 0 Å². The van der Waals surface area contributed by atoms with E-state index >= 15 is 0 Å². The van der Waals surface area contributed by atoms with Crippen LogP contribution in [0.5, 0.6) is 5.75 Å². The van der Waals surface area contributed by atoms with Gasteiger partial charge in [-0.1, -0.05) is 6.07 Å². The molecule has 3 N–H and O–H groups in total. The predicted octanol–water partition coefficient (Wildman–Crippen LogP) is 5.29. The third-order valence-electron chi connectivity index (χ3n) is 6.87. The van der Waals surface area contributed by atoms with Gasteiger partial charge in [0.05, 0.1) is 13.7 Å². The highest BCUT2D eigenvalue weighted by atomic mass is 16.5. The molecule has 0 saturated heterocycles. The minimum Gasteiger partial charge on any atom is -0.496 e. The van der Waals surface area contributed by atoms with Crippen LogP contribution < -0.4 is 20.7 Å². The van der Waals surface area contributed by atoms with Gasteiger partial charge in [0.25, 0.3) is 0 Å². The normalized spacial score (nSPS) is 20.0. The number of nitrogens with zero attached hydrogens (tertiary/aromatic N) is 1. The van der Waals surface area contributed by atoms with Crippen LogP contribution in [-0.4, -0.2) is 36.5 Å². The Hall–Kier alpha value is -3.22. The summed E-state index contributed by atoms with van der Waals surface area (Å²) >= 11 is 0. The van der Waals surface area contributed by atoms with Crippen molar-refractivity contribution < 1.29 is 14.3 Å². The zero-order chi connectivity index (χ0) is 23.5. The lowest BCUT2D eigenvalue weighted by Crippen LogP contribution is -2.47. The number of hydrogen-bond acceptors (Lipinski definition) is 4. The maximum Gasteiger partial charge on any atom is 0.322 e. The molecule has 0 atom stereocenters. The third-order valence-corrected chi connectivity index (χ3v) is 6.87. The number of aryl methyl sites for hydroxylation is 2. The van der Waals surface area contributed by atoms with Crippen LogP contribution in [0.3, 0.4) is 0 Å². The summed E-state index contributed by atoms with van der Waals surface area (Å²) in [6, 6.07) is 9.96. The van der Waals surface area contributed by atoms with Gasteiger partial charge in [0, 0.05) is 41.6 Å². The average Bonchev–Trinajstić information content (AvgIpc) is 2.80. The summed E-state index contributed by atoms with van der Waals surface area (Å²) < 4.78 is 5.36. The Bertz CT molecular complexity index is 1040. The number of rotatable bonds is 6. The Morgan fingerprint density at radius 1 is 1.09 bits per heavy atom.